The molecule has 1 heteroatoms. The Kier molecular flexibility index (Phi) is 7.22. The van der Waals surface area contributed by atoms with Crippen LogP contribution in [0, 0.1) is 0 Å². The third kappa shape index (κ3) is 5.42. The molecule has 0 aliphatic rings. The smallest absolute Gasteiger partial charge is 0.0541 e. The van der Waals surface area contributed by atoms with Gasteiger partial charge in [0.25, 0.3) is 0 Å². The fourth-order valence-corrected chi connectivity index (χ4v) is 7.14. The van der Waals surface area contributed by atoms with Crippen molar-refractivity contribution in [1.29, 1.82) is 0 Å². The van der Waals surface area contributed by atoms with E-state index in [1.807, 2.05) is 0 Å². The number of benzene rings is 8. The molecule has 0 unspecified atom stereocenters. The summed E-state index contributed by atoms with van der Waals surface area (Å²) in [6, 6.07) is 72.4. The second kappa shape index (κ2) is 12.3. The minimum absolute atomic E-state index is 1.14. The number of fused-ring (bicyclic) bond motifs is 3. The number of hydrogen-bond donors (Lipinski definition) is 0. The highest BCUT2D eigenvalue weighted by Crippen LogP contribution is 2.39. The van der Waals surface area contributed by atoms with E-state index in [0.29, 0.717) is 0 Å². The van der Waals surface area contributed by atoms with Gasteiger partial charge in [-0.05, 0) is 110 Å². The van der Waals surface area contributed by atoms with Crippen LogP contribution in [-0.4, -0.2) is 4.57 Å². The monoisotopic (exact) mass is 623 g/mol. The molecule has 49 heavy (non-hydrogen) atoms. The minimum atomic E-state index is 1.14. The average Bonchev–Trinajstić information content (AvgIpc) is 3.52. The number of aromatic nitrogens is 1. The molecule has 0 N–H and O–H groups in total. The Labute approximate surface area is 287 Å². The summed E-state index contributed by atoms with van der Waals surface area (Å²) in [7, 11) is 0. The Morgan fingerprint density at radius 1 is 0.224 bits per heavy atom. The van der Waals surface area contributed by atoms with Gasteiger partial charge in [-0.25, -0.2) is 0 Å². The van der Waals surface area contributed by atoms with Gasteiger partial charge in [0, 0.05) is 16.5 Å². The molecule has 1 nitrogen and oxygen atoms in total. The third-order valence-corrected chi connectivity index (χ3v) is 9.56. The van der Waals surface area contributed by atoms with Crippen LogP contribution < -0.4 is 0 Å². The van der Waals surface area contributed by atoms with Gasteiger partial charge < -0.3 is 4.57 Å². The molecular weight excluding hydrogens is 591 g/mol. The summed E-state index contributed by atoms with van der Waals surface area (Å²) >= 11 is 0. The third-order valence-electron chi connectivity index (χ3n) is 9.56. The standard InChI is InChI=1S/C48H33N/c1-5-14-34(15-6-1)39-24-26-47-45(32-39)46-33-40(35-16-7-2-8-17-35)25-27-48(46)49(47)44-23-13-22-38(31-44)43-29-41(36-18-9-3-10-19-36)28-42(30-43)37-20-11-4-12-21-37/h1-33H. The van der Waals surface area contributed by atoms with Gasteiger partial charge in [0.1, 0.15) is 0 Å². The van der Waals surface area contributed by atoms with Crippen molar-refractivity contribution in [2.75, 3.05) is 0 Å². The molecule has 9 rings (SSSR count). The molecule has 1 heterocycles. The maximum absolute atomic E-state index is 2.43. The molecule has 0 aliphatic heterocycles. The maximum Gasteiger partial charge on any atom is 0.0541 e. The van der Waals surface area contributed by atoms with E-state index in [-0.39, 0.29) is 0 Å². The lowest BCUT2D eigenvalue weighted by molar-refractivity contribution is 1.18. The molecule has 0 fully saturated rings. The van der Waals surface area contributed by atoms with Gasteiger partial charge in [-0.3, -0.25) is 0 Å². The topological polar surface area (TPSA) is 4.93 Å². The van der Waals surface area contributed by atoms with Gasteiger partial charge in [0.05, 0.1) is 11.0 Å². The summed E-state index contributed by atoms with van der Waals surface area (Å²) in [5, 5.41) is 2.49. The Balaban J connectivity index is 1.24. The van der Waals surface area contributed by atoms with Crippen molar-refractivity contribution in [3.8, 4) is 61.3 Å². The largest absolute Gasteiger partial charge is 0.309 e. The van der Waals surface area contributed by atoms with Crippen LogP contribution in [0.2, 0.25) is 0 Å². The lowest BCUT2D eigenvalue weighted by atomic mass is 9.93. The van der Waals surface area contributed by atoms with Crippen LogP contribution in [-0.2, 0) is 0 Å². The van der Waals surface area contributed by atoms with Crippen LogP contribution in [0.3, 0.4) is 0 Å². The van der Waals surface area contributed by atoms with E-state index < -0.39 is 0 Å². The van der Waals surface area contributed by atoms with Crippen molar-refractivity contribution in [3.05, 3.63) is 200 Å². The minimum Gasteiger partial charge on any atom is -0.309 e. The average molecular weight is 624 g/mol. The molecule has 230 valence electrons. The summed E-state index contributed by atoms with van der Waals surface area (Å²) < 4.78 is 2.43. The van der Waals surface area contributed by atoms with E-state index in [4.69, 9.17) is 0 Å². The van der Waals surface area contributed by atoms with E-state index in [1.165, 1.54) is 77.4 Å². The summed E-state index contributed by atoms with van der Waals surface area (Å²) in [6.07, 6.45) is 0. The van der Waals surface area contributed by atoms with Crippen LogP contribution in [0.1, 0.15) is 0 Å². The molecule has 0 saturated carbocycles. The summed E-state index contributed by atoms with van der Waals surface area (Å²) in [4.78, 5) is 0. The van der Waals surface area contributed by atoms with Crippen LogP contribution in [0.15, 0.2) is 200 Å². The van der Waals surface area contributed by atoms with Crippen molar-refractivity contribution in [1.82, 2.24) is 4.57 Å². The Hall–Kier alpha value is -6.44. The number of hydrogen-bond acceptors (Lipinski definition) is 0. The van der Waals surface area contributed by atoms with Crippen LogP contribution in [0.25, 0.3) is 83.1 Å². The van der Waals surface area contributed by atoms with Crippen molar-refractivity contribution in [3.63, 3.8) is 0 Å². The summed E-state index contributed by atoms with van der Waals surface area (Å²) in [5.41, 5.74) is 15.6. The van der Waals surface area contributed by atoms with Crippen molar-refractivity contribution < 1.29 is 0 Å². The highest BCUT2D eigenvalue weighted by Gasteiger charge is 2.16. The van der Waals surface area contributed by atoms with E-state index >= 15 is 0 Å². The van der Waals surface area contributed by atoms with Gasteiger partial charge in [-0.1, -0.05) is 146 Å². The molecular formula is C48H33N. The van der Waals surface area contributed by atoms with E-state index in [2.05, 4.69) is 205 Å². The zero-order valence-corrected chi connectivity index (χ0v) is 27.0. The predicted molar refractivity (Wildman–Crippen MR) is 208 cm³/mol. The van der Waals surface area contributed by atoms with Gasteiger partial charge >= 0.3 is 0 Å². The zero-order chi connectivity index (χ0) is 32.6. The van der Waals surface area contributed by atoms with Crippen molar-refractivity contribution in [2.24, 2.45) is 0 Å². The molecule has 1 aromatic heterocycles. The highest BCUT2D eigenvalue weighted by atomic mass is 15.0. The Morgan fingerprint density at radius 3 is 1.00 bits per heavy atom. The first-order valence-electron chi connectivity index (χ1n) is 16.8. The molecule has 0 saturated heterocycles. The first-order chi connectivity index (χ1) is 24.3. The van der Waals surface area contributed by atoms with Crippen LogP contribution in [0.4, 0.5) is 0 Å². The van der Waals surface area contributed by atoms with Gasteiger partial charge in [-0.2, -0.15) is 0 Å². The summed E-state index contributed by atoms with van der Waals surface area (Å²) in [5.74, 6) is 0. The SMILES string of the molecule is c1ccc(-c2cc(-c3ccccc3)cc(-c3cccc(-n4c5ccc(-c6ccccc6)cc5c5cc(-c6ccccc6)ccc54)c3)c2)cc1. The second-order valence-electron chi connectivity index (χ2n) is 12.6. The second-order valence-corrected chi connectivity index (χ2v) is 12.6. The fourth-order valence-electron chi connectivity index (χ4n) is 7.14. The lowest BCUT2D eigenvalue weighted by Crippen LogP contribution is -1.95. The molecule has 0 radical (unpaired) electrons. The fraction of sp³-hybridized carbons (Fsp3) is 0. The molecule has 0 bridgehead atoms. The van der Waals surface area contributed by atoms with E-state index in [1.54, 1.807) is 0 Å². The maximum atomic E-state index is 2.43. The molecule has 9 aromatic rings. The molecule has 0 amide bonds. The Bertz CT molecular complexity index is 2410. The normalized spacial score (nSPS) is 11.3. The molecule has 0 spiro atoms. The van der Waals surface area contributed by atoms with Crippen molar-refractivity contribution >= 4 is 21.8 Å². The molecule has 8 aromatic carbocycles. The van der Waals surface area contributed by atoms with Gasteiger partial charge in [-0.15, -0.1) is 0 Å². The predicted octanol–water partition coefficient (Wildman–Crippen LogP) is 13.1. The molecule has 0 aliphatic carbocycles. The van der Waals surface area contributed by atoms with Gasteiger partial charge in [0.2, 0.25) is 0 Å². The highest BCUT2D eigenvalue weighted by molar-refractivity contribution is 6.11. The van der Waals surface area contributed by atoms with Gasteiger partial charge in [0.15, 0.2) is 0 Å². The number of rotatable bonds is 6. The van der Waals surface area contributed by atoms with Crippen LogP contribution in [0.5, 0.6) is 0 Å². The van der Waals surface area contributed by atoms with E-state index in [0.717, 1.165) is 5.69 Å². The van der Waals surface area contributed by atoms with Crippen LogP contribution >= 0.6 is 0 Å². The number of nitrogens with zero attached hydrogens (tertiary/aromatic N) is 1. The molecule has 0 atom stereocenters. The van der Waals surface area contributed by atoms with E-state index in [9.17, 15) is 0 Å². The summed E-state index contributed by atoms with van der Waals surface area (Å²) in [6.45, 7) is 0. The Morgan fingerprint density at radius 2 is 0.571 bits per heavy atom. The quantitative estimate of drug-likeness (QED) is 0.174. The zero-order valence-electron chi connectivity index (χ0n) is 27.0. The van der Waals surface area contributed by atoms with Crippen molar-refractivity contribution in [2.45, 2.75) is 0 Å². The lowest BCUT2D eigenvalue weighted by Gasteiger charge is -2.14. The first kappa shape index (κ1) is 28.8. The first-order valence-corrected chi connectivity index (χ1v) is 16.8.